The van der Waals surface area contributed by atoms with Crippen LogP contribution in [0.1, 0.15) is 17.6 Å². The van der Waals surface area contributed by atoms with E-state index in [9.17, 15) is 0 Å². The first-order valence-electron chi connectivity index (χ1n) is 6.36. The van der Waals surface area contributed by atoms with Crippen LogP contribution in [0.5, 0.6) is 0 Å². The molecular weight excluding hydrogens is 372 g/mol. The van der Waals surface area contributed by atoms with Crippen molar-refractivity contribution in [2.75, 3.05) is 5.32 Å². The van der Waals surface area contributed by atoms with Gasteiger partial charge in [0.05, 0.1) is 10.2 Å². The Morgan fingerprint density at radius 1 is 1.52 bits per heavy atom. The van der Waals surface area contributed by atoms with Gasteiger partial charge in [-0.15, -0.1) is 11.3 Å². The van der Waals surface area contributed by atoms with Crippen molar-refractivity contribution in [3.8, 4) is 0 Å². The fourth-order valence-electron chi connectivity index (χ4n) is 2.01. The first kappa shape index (κ1) is 14.6. The molecule has 6 heteroatoms. The van der Waals surface area contributed by atoms with Crippen molar-refractivity contribution in [2.24, 2.45) is 0 Å². The maximum absolute atomic E-state index is 6.11. The van der Waals surface area contributed by atoms with Crippen molar-refractivity contribution in [3.05, 3.63) is 49.9 Å². The molecular formula is C15H12BrClN2OS. The van der Waals surface area contributed by atoms with E-state index in [0.29, 0.717) is 10.7 Å². The fourth-order valence-corrected chi connectivity index (χ4v) is 3.33. The lowest BCUT2D eigenvalue weighted by atomic mass is 10.3. The first-order valence-corrected chi connectivity index (χ1v) is 8.41. The van der Waals surface area contributed by atoms with Crippen molar-refractivity contribution < 1.29 is 4.42 Å². The zero-order valence-electron chi connectivity index (χ0n) is 11.2. The van der Waals surface area contributed by atoms with Gasteiger partial charge >= 0.3 is 0 Å². The summed E-state index contributed by atoms with van der Waals surface area (Å²) in [6, 6.07) is 5.90. The van der Waals surface area contributed by atoms with Gasteiger partial charge in [-0.2, -0.15) is 0 Å². The van der Waals surface area contributed by atoms with E-state index in [4.69, 9.17) is 16.0 Å². The molecule has 0 fully saturated rings. The number of halogens is 2. The summed E-state index contributed by atoms with van der Waals surface area (Å²) in [5, 5.41) is 5.85. The van der Waals surface area contributed by atoms with Gasteiger partial charge in [0.25, 0.3) is 0 Å². The molecule has 0 radical (unpaired) electrons. The summed E-state index contributed by atoms with van der Waals surface area (Å²) in [6.07, 6.45) is 3.81. The highest BCUT2D eigenvalue weighted by Gasteiger charge is 2.16. The number of hydrogen-bond acceptors (Lipinski definition) is 4. The van der Waals surface area contributed by atoms with Crippen LogP contribution >= 0.6 is 38.9 Å². The largest absolute Gasteiger partial charge is 0.452 e. The highest BCUT2D eigenvalue weighted by Crippen LogP contribution is 2.36. The minimum atomic E-state index is 0.435. The lowest BCUT2D eigenvalue weighted by Gasteiger charge is -2.05. The number of allylic oxidation sites excluding steroid dienone is 1. The normalized spacial score (nSPS) is 11.6. The number of aromatic nitrogens is 1. The molecule has 0 aliphatic carbocycles. The Bertz CT molecular complexity index is 796. The van der Waals surface area contributed by atoms with Gasteiger partial charge in [0, 0.05) is 17.5 Å². The number of anilines is 1. The van der Waals surface area contributed by atoms with Gasteiger partial charge in [0.1, 0.15) is 16.4 Å². The van der Waals surface area contributed by atoms with E-state index in [0.717, 1.165) is 28.0 Å². The van der Waals surface area contributed by atoms with E-state index < -0.39 is 0 Å². The maximum atomic E-state index is 6.11. The predicted molar refractivity (Wildman–Crippen MR) is 93.1 cm³/mol. The Morgan fingerprint density at radius 3 is 3.10 bits per heavy atom. The molecule has 0 saturated heterocycles. The predicted octanol–water partition coefficient (Wildman–Crippen LogP) is 5.95. The molecule has 0 aromatic carbocycles. The fraction of sp³-hybridized carbons (Fsp3) is 0.133. The molecule has 0 unspecified atom stereocenters. The molecule has 3 aromatic heterocycles. The van der Waals surface area contributed by atoms with Crippen molar-refractivity contribution in [2.45, 2.75) is 13.5 Å². The third-order valence-corrected chi connectivity index (χ3v) is 4.77. The molecule has 0 bridgehead atoms. The highest BCUT2D eigenvalue weighted by molar-refractivity contribution is 9.10. The summed E-state index contributed by atoms with van der Waals surface area (Å²) >= 11 is 11.3. The Morgan fingerprint density at radius 2 is 2.38 bits per heavy atom. The van der Waals surface area contributed by atoms with Crippen LogP contribution in [0.4, 0.5) is 5.69 Å². The third kappa shape index (κ3) is 3.00. The Kier molecular flexibility index (Phi) is 4.33. The van der Waals surface area contributed by atoms with E-state index in [1.807, 2.05) is 25.1 Å². The topological polar surface area (TPSA) is 38.1 Å². The molecule has 108 valence electrons. The molecule has 3 nitrogen and oxygen atoms in total. The Hall–Kier alpha value is -1.30. The Balaban J connectivity index is 2.02. The SMILES string of the molecule is C/C=C\c1oc2c(NCc3cccs3)cc(Cl)nc2c1Br. The van der Waals surface area contributed by atoms with Gasteiger partial charge in [-0.1, -0.05) is 23.7 Å². The average molecular weight is 384 g/mol. The van der Waals surface area contributed by atoms with Crippen molar-refractivity contribution in [3.63, 3.8) is 0 Å². The smallest absolute Gasteiger partial charge is 0.177 e. The zero-order valence-corrected chi connectivity index (χ0v) is 14.3. The number of furan rings is 1. The van der Waals surface area contributed by atoms with Crippen LogP contribution in [-0.4, -0.2) is 4.98 Å². The number of rotatable bonds is 4. The summed E-state index contributed by atoms with van der Waals surface area (Å²) in [5.41, 5.74) is 2.27. The van der Waals surface area contributed by atoms with Crippen LogP contribution < -0.4 is 5.32 Å². The lowest BCUT2D eigenvalue weighted by Crippen LogP contribution is -1.98. The summed E-state index contributed by atoms with van der Waals surface area (Å²) in [6.45, 7) is 2.67. The number of fused-ring (bicyclic) bond motifs is 1. The third-order valence-electron chi connectivity index (χ3n) is 2.93. The first-order chi connectivity index (χ1) is 10.2. The van der Waals surface area contributed by atoms with Crippen molar-refractivity contribution in [1.82, 2.24) is 4.98 Å². The quantitative estimate of drug-likeness (QED) is 0.566. The molecule has 0 spiro atoms. The van der Waals surface area contributed by atoms with Crippen molar-refractivity contribution >= 4 is 61.7 Å². The Labute approximate surface area is 139 Å². The summed E-state index contributed by atoms with van der Waals surface area (Å²) in [5.74, 6) is 0.737. The van der Waals surface area contributed by atoms with Gasteiger partial charge in [-0.25, -0.2) is 4.98 Å². The molecule has 0 atom stereocenters. The van der Waals surface area contributed by atoms with Crippen LogP contribution in [0.25, 0.3) is 17.2 Å². The second kappa shape index (κ2) is 6.22. The van der Waals surface area contributed by atoms with Crippen LogP contribution in [0, 0.1) is 0 Å². The monoisotopic (exact) mass is 382 g/mol. The van der Waals surface area contributed by atoms with Gasteiger partial charge < -0.3 is 9.73 Å². The second-order valence-electron chi connectivity index (χ2n) is 4.38. The lowest BCUT2D eigenvalue weighted by molar-refractivity contribution is 0.602. The molecule has 21 heavy (non-hydrogen) atoms. The van der Waals surface area contributed by atoms with E-state index in [1.165, 1.54) is 4.88 Å². The van der Waals surface area contributed by atoms with Crippen LogP contribution in [0.2, 0.25) is 5.15 Å². The minimum absolute atomic E-state index is 0.435. The molecule has 3 aromatic rings. The van der Waals surface area contributed by atoms with Gasteiger partial charge in [-0.05, 0) is 40.4 Å². The van der Waals surface area contributed by atoms with Crippen LogP contribution in [0.3, 0.4) is 0 Å². The molecule has 0 aliphatic heterocycles. The molecule has 0 amide bonds. The summed E-state index contributed by atoms with van der Waals surface area (Å²) in [7, 11) is 0. The minimum Gasteiger partial charge on any atom is -0.452 e. The number of nitrogens with one attached hydrogen (secondary N) is 1. The number of nitrogens with zero attached hydrogens (tertiary/aromatic N) is 1. The molecule has 3 heterocycles. The van der Waals surface area contributed by atoms with Crippen molar-refractivity contribution in [1.29, 1.82) is 0 Å². The highest BCUT2D eigenvalue weighted by atomic mass is 79.9. The van der Waals surface area contributed by atoms with E-state index in [-0.39, 0.29) is 0 Å². The second-order valence-corrected chi connectivity index (χ2v) is 6.60. The molecule has 1 N–H and O–H groups in total. The van der Waals surface area contributed by atoms with Crippen LogP contribution in [-0.2, 0) is 6.54 Å². The van der Waals surface area contributed by atoms with Gasteiger partial charge in [0.15, 0.2) is 5.58 Å². The van der Waals surface area contributed by atoms with Crippen LogP contribution in [0.15, 0.2) is 38.5 Å². The zero-order chi connectivity index (χ0) is 14.8. The van der Waals surface area contributed by atoms with E-state index >= 15 is 0 Å². The summed E-state index contributed by atoms with van der Waals surface area (Å²) < 4.78 is 6.70. The van der Waals surface area contributed by atoms with Gasteiger partial charge in [-0.3, -0.25) is 0 Å². The van der Waals surface area contributed by atoms with E-state index in [2.05, 4.69) is 37.7 Å². The number of pyridine rings is 1. The van der Waals surface area contributed by atoms with Gasteiger partial charge in [0.2, 0.25) is 0 Å². The number of thiophene rings is 1. The molecule has 0 saturated carbocycles. The number of hydrogen-bond donors (Lipinski definition) is 1. The van der Waals surface area contributed by atoms with E-state index in [1.54, 1.807) is 17.4 Å². The maximum Gasteiger partial charge on any atom is 0.177 e. The standard InChI is InChI=1S/C15H12BrClN2OS/c1-2-4-11-13(16)14-15(20-11)10(7-12(17)19-14)18-8-9-5-3-6-21-9/h2-7H,8H2,1H3,(H,18,19)/b4-2-. The molecule has 3 rings (SSSR count). The summed E-state index contributed by atoms with van der Waals surface area (Å²) in [4.78, 5) is 5.58. The average Bonchev–Trinajstić information content (AvgIpc) is 3.07. The molecule has 0 aliphatic rings.